The summed E-state index contributed by atoms with van der Waals surface area (Å²) in [5.41, 5.74) is -0.201. The van der Waals surface area contributed by atoms with Crippen LogP contribution in [0.1, 0.15) is 13.8 Å². The number of hydrogen-bond donors (Lipinski definition) is 1. The lowest BCUT2D eigenvalue weighted by Crippen LogP contribution is -2.23. The van der Waals surface area contributed by atoms with Gasteiger partial charge in [-0.05, 0) is 26.0 Å². The maximum absolute atomic E-state index is 13.2. The molecule has 0 aliphatic carbocycles. The number of nitrogens with one attached hydrogen (secondary N) is 1. The number of para-hydroxylation sites is 1. The molecule has 0 radical (unpaired) electrons. The Balaban J connectivity index is 3.11. The molecule has 0 saturated carbocycles. The second-order valence-electron chi connectivity index (χ2n) is 3.29. The monoisotopic (exact) mass is 251 g/mol. The van der Waals surface area contributed by atoms with Gasteiger partial charge in [-0.15, -0.1) is 0 Å². The van der Waals surface area contributed by atoms with Crippen molar-refractivity contribution in [1.29, 1.82) is 0 Å². The number of benzene rings is 1. The van der Waals surface area contributed by atoms with E-state index in [0.717, 1.165) is 6.07 Å². The van der Waals surface area contributed by atoms with E-state index in [1.54, 1.807) is 0 Å². The highest BCUT2D eigenvalue weighted by Gasteiger charge is 2.19. The Morgan fingerprint density at radius 1 is 1.40 bits per heavy atom. The first-order valence-electron chi connectivity index (χ1n) is 4.30. The van der Waals surface area contributed by atoms with Gasteiger partial charge < -0.3 is 0 Å². The minimum atomic E-state index is -3.57. The molecule has 0 unspecified atom stereocenters. The predicted octanol–water partition coefficient (Wildman–Crippen LogP) is 2.63. The highest BCUT2D eigenvalue weighted by molar-refractivity contribution is 7.93. The van der Waals surface area contributed by atoms with Crippen LogP contribution >= 0.6 is 11.6 Å². The Bertz CT molecular complexity index is 439. The Hall–Kier alpha value is -0.810. The summed E-state index contributed by atoms with van der Waals surface area (Å²) in [6, 6.07) is 3.97. The lowest BCUT2D eigenvalue weighted by atomic mass is 10.3. The standard InChI is InChI=1S/C9H11ClFNO2S/c1-6(2)15(13,14)12-9-7(10)4-3-5-8(9)11/h3-6,12H,1-2H3. The summed E-state index contributed by atoms with van der Waals surface area (Å²) in [6.45, 7) is 2.99. The van der Waals surface area contributed by atoms with Crippen molar-refractivity contribution in [3.05, 3.63) is 29.0 Å². The van der Waals surface area contributed by atoms with E-state index in [1.165, 1.54) is 26.0 Å². The average Bonchev–Trinajstić information content (AvgIpc) is 2.11. The molecule has 0 fully saturated rings. The molecule has 1 aromatic rings. The molecule has 0 spiro atoms. The average molecular weight is 252 g/mol. The molecule has 15 heavy (non-hydrogen) atoms. The summed E-state index contributed by atoms with van der Waals surface area (Å²) in [5, 5.41) is -0.604. The predicted molar refractivity (Wildman–Crippen MR) is 59.1 cm³/mol. The molecule has 0 atom stereocenters. The van der Waals surface area contributed by atoms with E-state index in [-0.39, 0.29) is 10.7 Å². The van der Waals surface area contributed by atoms with Gasteiger partial charge in [-0.25, -0.2) is 12.8 Å². The van der Waals surface area contributed by atoms with Crippen LogP contribution in [0.4, 0.5) is 10.1 Å². The van der Waals surface area contributed by atoms with Crippen LogP contribution in [0.3, 0.4) is 0 Å². The van der Waals surface area contributed by atoms with Crippen molar-refractivity contribution in [1.82, 2.24) is 0 Å². The molecule has 0 aliphatic heterocycles. The summed E-state index contributed by atoms with van der Waals surface area (Å²) >= 11 is 5.67. The fourth-order valence-electron chi connectivity index (χ4n) is 0.855. The van der Waals surface area contributed by atoms with Crippen molar-refractivity contribution in [2.24, 2.45) is 0 Å². The maximum atomic E-state index is 13.2. The number of rotatable bonds is 3. The Labute approximate surface area is 93.3 Å². The molecular weight excluding hydrogens is 241 g/mol. The van der Waals surface area contributed by atoms with Crippen molar-refractivity contribution in [2.75, 3.05) is 4.72 Å². The second-order valence-corrected chi connectivity index (χ2v) is 5.94. The molecule has 3 nitrogen and oxygen atoms in total. The molecule has 0 saturated heterocycles. The fraction of sp³-hybridized carbons (Fsp3) is 0.333. The Morgan fingerprint density at radius 3 is 2.47 bits per heavy atom. The molecule has 84 valence electrons. The van der Waals surface area contributed by atoms with Crippen LogP contribution in [0, 0.1) is 5.82 Å². The van der Waals surface area contributed by atoms with E-state index in [4.69, 9.17) is 11.6 Å². The number of hydrogen-bond acceptors (Lipinski definition) is 2. The maximum Gasteiger partial charge on any atom is 0.235 e. The van der Waals surface area contributed by atoms with Gasteiger partial charge >= 0.3 is 0 Å². The van der Waals surface area contributed by atoms with E-state index >= 15 is 0 Å². The zero-order chi connectivity index (χ0) is 11.6. The highest BCUT2D eigenvalue weighted by Crippen LogP contribution is 2.26. The van der Waals surface area contributed by atoms with Crippen LogP contribution < -0.4 is 4.72 Å². The first-order valence-corrected chi connectivity index (χ1v) is 6.22. The SMILES string of the molecule is CC(C)S(=O)(=O)Nc1c(F)cccc1Cl. The van der Waals surface area contributed by atoms with E-state index in [2.05, 4.69) is 4.72 Å². The minimum absolute atomic E-state index is 0.0409. The van der Waals surface area contributed by atoms with E-state index in [0.29, 0.717) is 0 Å². The summed E-state index contributed by atoms with van der Waals surface area (Å²) in [4.78, 5) is 0. The van der Waals surface area contributed by atoms with Gasteiger partial charge in [-0.2, -0.15) is 0 Å². The Kier molecular flexibility index (Phi) is 3.57. The Morgan fingerprint density at radius 2 is 2.00 bits per heavy atom. The van der Waals surface area contributed by atoms with Gasteiger partial charge in [0, 0.05) is 0 Å². The molecule has 0 bridgehead atoms. The van der Waals surface area contributed by atoms with Crippen LogP contribution in [0.15, 0.2) is 18.2 Å². The molecule has 0 heterocycles. The van der Waals surface area contributed by atoms with E-state index in [9.17, 15) is 12.8 Å². The van der Waals surface area contributed by atoms with Crippen LogP contribution in [0.25, 0.3) is 0 Å². The van der Waals surface area contributed by atoms with Crippen molar-refractivity contribution in [3.8, 4) is 0 Å². The first kappa shape index (κ1) is 12.3. The summed E-state index contributed by atoms with van der Waals surface area (Å²) in [5.74, 6) is -0.688. The molecule has 0 aliphatic rings. The molecule has 1 rings (SSSR count). The molecular formula is C9H11ClFNO2S. The fourth-order valence-corrected chi connectivity index (χ4v) is 1.85. The largest absolute Gasteiger partial charge is 0.279 e. The van der Waals surface area contributed by atoms with E-state index < -0.39 is 21.1 Å². The van der Waals surface area contributed by atoms with Crippen LogP contribution in [-0.4, -0.2) is 13.7 Å². The normalized spacial score (nSPS) is 11.8. The quantitative estimate of drug-likeness (QED) is 0.898. The number of sulfonamides is 1. The second kappa shape index (κ2) is 4.37. The van der Waals surface area contributed by atoms with Crippen molar-refractivity contribution in [2.45, 2.75) is 19.1 Å². The third kappa shape index (κ3) is 2.82. The van der Waals surface area contributed by atoms with Gasteiger partial charge in [0.05, 0.1) is 10.3 Å². The topological polar surface area (TPSA) is 46.2 Å². The van der Waals surface area contributed by atoms with Gasteiger partial charge in [0.2, 0.25) is 10.0 Å². The van der Waals surface area contributed by atoms with Gasteiger partial charge in [-0.3, -0.25) is 4.72 Å². The summed E-state index contributed by atoms with van der Waals surface area (Å²) < 4.78 is 38.3. The lowest BCUT2D eigenvalue weighted by Gasteiger charge is -2.12. The van der Waals surface area contributed by atoms with Crippen molar-refractivity contribution in [3.63, 3.8) is 0 Å². The molecule has 0 aromatic heterocycles. The number of halogens is 2. The lowest BCUT2D eigenvalue weighted by molar-refractivity contribution is 0.590. The van der Waals surface area contributed by atoms with Gasteiger partial charge in [0.25, 0.3) is 0 Å². The van der Waals surface area contributed by atoms with Gasteiger partial charge in [0.1, 0.15) is 11.5 Å². The van der Waals surface area contributed by atoms with Gasteiger partial charge in [0.15, 0.2) is 0 Å². The zero-order valence-corrected chi connectivity index (χ0v) is 9.86. The van der Waals surface area contributed by atoms with Gasteiger partial charge in [-0.1, -0.05) is 17.7 Å². The highest BCUT2D eigenvalue weighted by atomic mass is 35.5. The summed E-state index contributed by atoms with van der Waals surface area (Å²) in [7, 11) is -3.57. The summed E-state index contributed by atoms with van der Waals surface area (Å²) in [6.07, 6.45) is 0. The zero-order valence-electron chi connectivity index (χ0n) is 8.29. The molecule has 0 amide bonds. The van der Waals surface area contributed by atoms with Crippen LogP contribution in [0.5, 0.6) is 0 Å². The van der Waals surface area contributed by atoms with Crippen molar-refractivity contribution < 1.29 is 12.8 Å². The van der Waals surface area contributed by atoms with E-state index in [1.807, 2.05) is 0 Å². The van der Waals surface area contributed by atoms with Crippen LogP contribution in [0.2, 0.25) is 5.02 Å². The molecule has 1 N–H and O–H groups in total. The smallest absolute Gasteiger partial charge is 0.235 e. The third-order valence-corrected chi connectivity index (χ3v) is 3.87. The number of anilines is 1. The third-order valence-electron chi connectivity index (χ3n) is 1.83. The minimum Gasteiger partial charge on any atom is -0.279 e. The molecule has 6 heteroatoms. The first-order chi connectivity index (χ1) is 6.84. The van der Waals surface area contributed by atoms with Crippen LogP contribution in [-0.2, 0) is 10.0 Å². The molecule has 1 aromatic carbocycles. The van der Waals surface area contributed by atoms with Crippen molar-refractivity contribution >= 4 is 27.3 Å².